The average molecular weight is 618 g/mol. The highest BCUT2D eigenvalue weighted by atomic mass is 32.1. The van der Waals surface area contributed by atoms with Crippen molar-refractivity contribution in [1.29, 1.82) is 0 Å². The zero-order valence-corrected chi connectivity index (χ0v) is 25.7. The fourth-order valence-electron chi connectivity index (χ4n) is 4.77. The number of methoxy groups -OCH3 is 4. The van der Waals surface area contributed by atoms with Crippen LogP contribution in [0.25, 0.3) is 34.4 Å². The van der Waals surface area contributed by atoms with Crippen molar-refractivity contribution < 1.29 is 32.8 Å². The Morgan fingerprint density at radius 1 is 0.841 bits per heavy atom. The Morgan fingerprint density at radius 2 is 1.57 bits per heavy atom. The van der Waals surface area contributed by atoms with Gasteiger partial charge in [-0.25, -0.2) is 0 Å². The lowest BCUT2D eigenvalue weighted by atomic mass is 10.1. The Balaban J connectivity index is 1.52. The van der Waals surface area contributed by atoms with Crippen LogP contribution in [-0.2, 0) is 0 Å². The van der Waals surface area contributed by atoms with Crippen molar-refractivity contribution in [3.05, 3.63) is 89.9 Å². The molecule has 0 saturated heterocycles. The fourth-order valence-corrected chi connectivity index (χ4v) is 5.56. The van der Waals surface area contributed by atoms with Crippen LogP contribution < -0.4 is 48.6 Å². The molecule has 44 heavy (non-hydrogen) atoms. The van der Waals surface area contributed by atoms with E-state index < -0.39 is 5.43 Å². The predicted molar refractivity (Wildman–Crippen MR) is 169 cm³/mol. The number of aromatic nitrogens is 1. The molecule has 228 valence electrons. The molecule has 5 aromatic rings. The second-order valence-electron chi connectivity index (χ2n) is 9.49. The van der Waals surface area contributed by atoms with E-state index in [0.29, 0.717) is 37.8 Å². The molecule has 0 aliphatic heterocycles. The quantitative estimate of drug-likeness (QED) is 0.216. The van der Waals surface area contributed by atoms with E-state index in [1.54, 1.807) is 30.3 Å². The van der Waals surface area contributed by atoms with Crippen LogP contribution in [0.15, 0.2) is 68.6 Å². The lowest BCUT2D eigenvalue weighted by Crippen LogP contribution is -2.22. The van der Waals surface area contributed by atoms with Crippen LogP contribution in [-0.4, -0.2) is 46.6 Å². The van der Waals surface area contributed by atoms with Gasteiger partial charge in [0.15, 0.2) is 17.3 Å². The van der Waals surface area contributed by atoms with Gasteiger partial charge in [0, 0.05) is 23.3 Å². The molecule has 1 N–H and O–H groups in total. The van der Waals surface area contributed by atoms with E-state index in [1.165, 1.54) is 39.8 Å². The third kappa shape index (κ3) is 5.86. The Kier molecular flexibility index (Phi) is 8.96. The summed E-state index contributed by atoms with van der Waals surface area (Å²) in [7, 11) is 6.03. The van der Waals surface area contributed by atoms with Crippen LogP contribution in [0.3, 0.4) is 0 Å². The molecule has 0 atom stereocenters. The van der Waals surface area contributed by atoms with Crippen molar-refractivity contribution in [2.45, 2.75) is 6.92 Å². The van der Waals surface area contributed by atoms with Crippen LogP contribution >= 0.6 is 11.3 Å². The largest absolute Gasteiger partial charge is 0.496 e. The van der Waals surface area contributed by atoms with E-state index >= 15 is 0 Å². The third-order valence-electron chi connectivity index (χ3n) is 6.90. The van der Waals surface area contributed by atoms with Gasteiger partial charge in [0.2, 0.25) is 11.2 Å². The molecule has 2 aromatic heterocycles. The third-order valence-corrected chi connectivity index (χ3v) is 7.94. The maximum Gasteiger partial charge on any atom is 0.266 e. The molecule has 0 fully saturated rings. The second-order valence-corrected chi connectivity index (χ2v) is 10.6. The Morgan fingerprint density at radius 3 is 2.25 bits per heavy atom. The molecule has 0 spiro atoms. The summed E-state index contributed by atoms with van der Waals surface area (Å²) in [5, 5.41) is 0.204. The SMILES string of the molecule is C=c1[nH]c(=O)/c(=C(\C)c2ccccc2OCCOc2c(-c3ccc(OC)c(OC)c3)oc3cc(OC)cc(OC)c3c2=O)s1. The number of thiazole rings is 1. The number of aromatic amines is 1. The number of hydrogen-bond donors (Lipinski definition) is 1. The van der Waals surface area contributed by atoms with Gasteiger partial charge in [-0.05, 0) is 36.8 Å². The van der Waals surface area contributed by atoms with Gasteiger partial charge >= 0.3 is 0 Å². The molecule has 3 aromatic carbocycles. The first-order valence-electron chi connectivity index (χ1n) is 13.5. The average Bonchev–Trinajstić information content (AvgIpc) is 3.39. The molecule has 2 heterocycles. The van der Waals surface area contributed by atoms with Gasteiger partial charge in [-0.1, -0.05) is 24.8 Å². The number of rotatable bonds is 11. The zero-order valence-electron chi connectivity index (χ0n) is 24.9. The lowest BCUT2D eigenvalue weighted by Gasteiger charge is -2.16. The standard InChI is InChI=1S/C33H31NO9S/c1-18(32-33(36)34-19(2)44-32)22-9-7-8-10-23(22)41-13-14-42-31-29(35)28-26(40-6)16-21(37-3)17-27(28)43-30(31)20-11-12-24(38-4)25(15-20)39-5/h7-12,15-17H,2,13-14H2,1,3-6H3,(H,34,36)/b32-18-. The molecule has 11 heteroatoms. The van der Waals surface area contributed by atoms with Crippen LogP contribution in [0.1, 0.15) is 12.5 Å². The first kappa shape index (κ1) is 30.3. The molecule has 0 aliphatic carbocycles. The summed E-state index contributed by atoms with van der Waals surface area (Å²) >= 11 is 1.29. The maximum atomic E-state index is 13.9. The van der Waals surface area contributed by atoms with E-state index in [4.69, 9.17) is 32.8 Å². The normalized spacial score (nSPS) is 11.7. The molecule has 0 amide bonds. The Labute approximate surface area is 256 Å². The summed E-state index contributed by atoms with van der Waals surface area (Å²) < 4.78 is 41.3. The predicted octanol–water partition coefficient (Wildman–Crippen LogP) is 4.33. The summed E-state index contributed by atoms with van der Waals surface area (Å²) in [5.74, 6) is 2.42. The van der Waals surface area contributed by atoms with E-state index in [2.05, 4.69) is 11.6 Å². The smallest absolute Gasteiger partial charge is 0.266 e. The zero-order chi connectivity index (χ0) is 31.4. The molecule has 10 nitrogen and oxygen atoms in total. The number of benzene rings is 3. The molecule has 0 aliphatic rings. The van der Waals surface area contributed by atoms with Gasteiger partial charge in [-0.2, -0.15) is 0 Å². The van der Waals surface area contributed by atoms with Gasteiger partial charge in [-0.3, -0.25) is 9.59 Å². The van der Waals surface area contributed by atoms with Gasteiger partial charge in [0.05, 0.1) is 37.6 Å². The minimum absolute atomic E-state index is 0.00498. The van der Waals surface area contributed by atoms with Crippen molar-refractivity contribution in [2.75, 3.05) is 41.7 Å². The number of H-pyrrole nitrogens is 1. The van der Waals surface area contributed by atoms with Crippen molar-refractivity contribution in [1.82, 2.24) is 4.98 Å². The Hall–Kier alpha value is -5.16. The van der Waals surface area contributed by atoms with E-state index in [0.717, 1.165) is 11.1 Å². The number of ether oxygens (including phenoxy) is 6. The first-order valence-corrected chi connectivity index (χ1v) is 14.3. The highest BCUT2D eigenvalue weighted by molar-refractivity contribution is 7.07. The number of nitrogens with one attached hydrogen (secondary N) is 1. The van der Waals surface area contributed by atoms with Crippen molar-refractivity contribution in [3.63, 3.8) is 0 Å². The summed E-state index contributed by atoms with van der Waals surface area (Å²) in [5.41, 5.74) is 1.68. The van der Waals surface area contributed by atoms with Crippen LogP contribution in [0.2, 0.25) is 0 Å². The van der Waals surface area contributed by atoms with Crippen molar-refractivity contribution in [3.8, 4) is 45.8 Å². The number of para-hydroxylation sites is 1. The molecular weight excluding hydrogens is 586 g/mol. The first-order chi connectivity index (χ1) is 21.3. The molecular formula is C33H31NO9S. The van der Waals surface area contributed by atoms with Crippen molar-refractivity contribution in [2.24, 2.45) is 0 Å². The molecule has 0 bridgehead atoms. The maximum absolute atomic E-state index is 13.9. The van der Waals surface area contributed by atoms with Crippen LogP contribution in [0.5, 0.6) is 34.5 Å². The highest BCUT2D eigenvalue weighted by Crippen LogP contribution is 2.39. The molecule has 0 unspecified atom stereocenters. The van der Waals surface area contributed by atoms with Gasteiger partial charge < -0.3 is 37.8 Å². The van der Waals surface area contributed by atoms with E-state index in [-0.39, 0.29) is 47.0 Å². The number of hydrogen-bond acceptors (Lipinski definition) is 10. The van der Waals surface area contributed by atoms with E-state index in [1.807, 2.05) is 31.2 Å². The van der Waals surface area contributed by atoms with E-state index in [9.17, 15) is 9.59 Å². The van der Waals surface area contributed by atoms with Crippen LogP contribution in [0, 0.1) is 0 Å². The van der Waals surface area contributed by atoms with Gasteiger partial charge in [-0.15, -0.1) is 11.3 Å². The van der Waals surface area contributed by atoms with Gasteiger partial charge in [0.25, 0.3) is 5.56 Å². The fraction of sp³-hybridized carbons (Fsp3) is 0.212. The summed E-state index contributed by atoms with van der Waals surface area (Å²) in [6.07, 6.45) is 0. The molecule has 0 radical (unpaired) electrons. The van der Waals surface area contributed by atoms with Crippen molar-refractivity contribution >= 4 is 34.5 Å². The highest BCUT2D eigenvalue weighted by Gasteiger charge is 2.23. The topological polar surface area (TPSA) is 118 Å². The lowest BCUT2D eigenvalue weighted by molar-refractivity contribution is 0.214. The second kappa shape index (κ2) is 13.0. The summed E-state index contributed by atoms with van der Waals surface area (Å²) in [6.45, 7) is 5.78. The summed E-state index contributed by atoms with van der Waals surface area (Å²) in [4.78, 5) is 29.0. The summed E-state index contributed by atoms with van der Waals surface area (Å²) in [6, 6.07) is 15.8. The van der Waals surface area contributed by atoms with Gasteiger partial charge in [0.1, 0.15) is 41.4 Å². The number of fused-ring (bicyclic) bond motifs is 1. The Bertz CT molecular complexity index is 2060. The minimum Gasteiger partial charge on any atom is -0.496 e. The molecule has 0 saturated carbocycles. The monoisotopic (exact) mass is 617 g/mol. The van der Waals surface area contributed by atoms with Crippen LogP contribution in [0.4, 0.5) is 0 Å². The molecule has 5 rings (SSSR count). The minimum atomic E-state index is -0.430.